The number of Topliss-reactive ketones (excluding diaryl/α,β-unsaturated/α-hetero) is 1. The number of fused-ring (bicyclic) bond motifs is 1. The summed E-state index contributed by atoms with van der Waals surface area (Å²) in [5, 5.41) is 9.89. The van der Waals surface area contributed by atoms with Crippen molar-refractivity contribution in [3.63, 3.8) is 0 Å². The number of phenolic OH excluding ortho intramolecular Hbond substituents is 1. The summed E-state index contributed by atoms with van der Waals surface area (Å²) in [6.45, 7) is 9.47. The highest BCUT2D eigenvalue weighted by Crippen LogP contribution is 2.35. The number of methoxy groups -OCH3 is 1. The first-order valence-electron chi connectivity index (χ1n) is 13.4. The summed E-state index contributed by atoms with van der Waals surface area (Å²) >= 11 is 0. The van der Waals surface area contributed by atoms with Gasteiger partial charge in [-0.25, -0.2) is 0 Å². The summed E-state index contributed by atoms with van der Waals surface area (Å²) in [5.41, 5.74) is 4.04. The molecule has 0 saturated carbocycles. The van der Waals surface area contributed by atoms with Crippen LogP contribution in [0.2, 0.25) is 0 Å². The highest BCUT2D eigenvalue weighted by Gasteiger charge is 2.35. The molecule has 2 aromatic carbocycles. The minimum Gasteiger partial charge on any atom is -0.504 e. The summed E-state index contributed by atoms with van der Waals surface area (Å²) in [6, 6.07) is 11.5. The van der Waals surface area contributed by atoms with Gasteiger partial charge in [-0.1, -0.05) is 18.2 Å². The normalized spacial score (nSPS) is 15.9. The third-order valence-electron chi connectivity index (χ3n) is 7.95. The number of piperazine rings is 1. The highest BCUT2D eigenvalue weighted by molar-refractivity contribution is 5.96. The van der Waals surface area contributed by atoms with Crippen LogP contribution in [0.5, 0.6) is 11.5 Å². The Morgan fingerprint density at radius 3 is 2.37 bits per heavy atom. The van der Waals surface area contributed by atoms with E-state index in [4.69, 9.17) is 4.74 Å². The molecule has 38 heavy (non-hydrogen) atoms. The van der Waals surface area contributed by atoms with Gasteiger partial charge in [0.25, 0.3) is 5.91 Å². The third kappa shape index (κ3) is 6.18. The van der Waals surface area contributed by atoms with Crippen LogP contribution in [0, 0.1) is 0 Å². The van der Waals surface area contributed by atoms with Gasteiger partial charge in [0.15, 0.2) is 11.5 Å². The Kier molecular flexibility index (Phi) is 8.41. The average molecular weight is 522 g/mol. The van der Waals surface area contributed by atoms with Crippen LogP contribution in [0.1, 0.15) is 67.1 Å². The van der Waals surface area contributed by atoms with Gasteiger partial charge in [0.05, 0.1) is 7.11 Å². The van der Waals surface area contributed by atoms with Crippen molar-refractivity contribution in [2.24, 2.45) is 0 Å². The second-order valence-corrected chi connectivity index (χ2v) is 11.0. The van der Waals surface area contributed by atoms with E-state index >= 15 is 0 Å². The second kappa shape index (κ2) is 11.6. The van der Waals surface area contributed by atoms with Gasteiger partial charge in [0.2, 0.25) is 5.91 Å². The fourth-order valence-electron chi connectivity index (χ4n) is 5.31. The number of hydrogen-bond donors (Lipinski definition) is 1. The van der Waals surface area contributed by atoms with Gasteiger partial charge in [0, 0.05) is 63.2 Å². The lowest BCUT2D eigenvalue weighted by atomic mass is 9.93. The van der Waals surface area contributed by atoms with E-state index in [2.05, 4.69) is 24.8 Å². The quantitative estimate of drug-likeness (QED) is 0.540. The summed E-state index contributed by atoms with van der Waals surface area (Å²) in [7, 11) is 1.55. The third-order valence-corrected chi connectivity index (χ3v) is 7.95. The van der Waals surface area contributed by atoms with Crippen LogP contribution in [-0.2, 0) is 29.1 Å². The van der Waals surface area contributed by atoms with Gasteiger partial charge >= 0.3 is 0 Å². The Balaban J connectivity index is 1.37. The SMILES string of the molecule is COc1cc(CCC(C)(C)N2Cc3cccc(C(=O)N4CCN(C(=O)CCC(C)=O)CC4)c3C2)ccc1O. The molecule has 2 heterocycles. The first-order chi connectivity index (χ1) is 18.1. The molecule has 2 amide bonds. The second-order valence-electron chi connectivity index (χ2n) is 11.0. The van der Waals surface area contributed by atoms with E-state index < -0.39 is 0 Å². The number of ether oxygens (including phenoxy) is 1. The van der Waals surface area contributed by atoms with Crippen molar-refractivity contribution in [2.75, 3.05) is 33.3 Å². The molecule has 8 heteroatoms. The average Bonchev–Trinajstić information content (AvgIpc) is 3.37. The molecule has 1 N–H and O–H groups in total. The monoisotopic (exact) mass is 521 g/mol. The van der Waals surface area contributed by atoms with Crippen molar-refractivity contribution >= 4 is 17.6 Å². The number of aromatic hydroxyl groups is 1. The van der Waals surface area contributed by atoms with Crippen molar-refractivity contribution in [2.45, 2.75) is 65.1 Å². The number of carbonyl (C=O) groups excluding carboxylic acids is 3. The zero-order chi connectivity index (χ0) is 27.4. The Bertz CT molecular complexity index is 1200. The van der Waals surface area contributed by atoms with Gasteiger partial charge in [-0.2, -0.15) is 0 Å². The first kappa shape index (κ1) is 27.6. The molecule has 2 aliphatic heterocycles. The molecule has 0 aromatic heterocycles. The van der Waals surface area contributed by atoms with Gasteiger partial charge in [-0.3, -0.25) is 14.5 Å². The number of phenols is 1. The van der Waals surface area contributed by atoms with Crippen LogP contribution >= 0.6 is 0 Å². The molecule has 0 unspecified atom stereocenters. The van der Waals surface area contributed by atoms with Crippen molar-refractivity contribution in [3.05, 3.63) is 58.7 Å². The van der Waals surface area contributed by atoms with Crippen molar-refractivity contribution < 1.29 is 24.2 Å². The molecule has 0 bridgehead atoms. The molecule has 0 aliphatic carbocycles. The van der Waals surface area contributed by atoms with Crippen LogP contribution < -0.4 is 4.74 Å². The maximum absolute atomic E-state index is 13.5. The van der Waals surface area contributed by atoms with Crippen LogP contribution in [0.3, 0.4) is 0 Å². The number of hydrogen-bond acceptors (Lipinski definition) is 6. The number of nitrogens with zero attached hydrogens (tertiary/aromatic N) is 3. The Morgan fingerprint density at radius 2 is 1.68 bits per heavy atom. The first-order valence-corrected chi connectivity index (χ1v) is 13.4. The van der Waals surface area contributed by atoms with Crippen LogP contribution in [-0.4, -0.2) is 76.2 Å². The minimum atomic E-state index is -0.101. The number of rotatable bonds is 9. The number of aryl methyl sites for hydroxylation is 1. The molecule has 8 nitrogen and oxygen atoms in total. The lowest BCUT2D eigenvalue weighted by molar-refractivity contribution is -0.134. The van der Waals surface area contributed by atoms with Gasteiger partial charge in [-0.05, 0) is 68.5 Å². The number of amides is 2. The highest BCUT2D eigenvalue weighted by atomic mass is 16.5. The Hall–Kier alpha value is -3.39. The van der Waals surface area contributed by atoms with Gasteiger partial charge in [0.1, 0.15) is 5.78 Å². The standard InChI is InChI=1S/C30H39N3O5/c1-21(34)8-11-28(36)31-14-16-32(17-15-31)29(37)24-7-5-6-23-19-33(20-25(23)24)30(2,3)13-12-22-9-10-26(35)27(18-22)38-4/h5-7,9-10,18,35H,8,11-17,19-20H2,1-4H3. The molecule has 0 radical (unpaired) electrons. The van der Waals surface area contributed by atoms with E-state index in [1.54, 1.807) is 18.1 Å². The number of carbonyl (C=O) groups is 3. The molecule has 0 spiro atoms. The molecule has 4 rings (SSSR count). The van der Waals surface area contributed by atoms with E-state index in [0.717, 1.165) is 36.1 Å². The summed E-state index contributed by atoms with van der Waals surface area (Å²) < 4.78 is 5.25. The Labute approximate surface area is 225 Å². The molecule has 204 valence electrons. The molecular weight excluding hydrogens is 482 g/mol. The fourth-order valence-corrected chi connectivity index (χ4v) is 5.31. The van der Waals surface area contributed by atoms with E-state index in [9.17, 15) is 19.5 Å². The van der Waals surface area contributed by atoms with Crippen molar-refractivity contribution in [1.29, 1.82) is 0 Å². The predicted molar refractivity (Wildman–Crippen MR) is 145 cm³/mol. The van der Waals surface area contributed by atoms with Gasteiger partial charge < -0.3 is 24.4 Å². The smallest absolute Gasteiger partial charge is 0.254 e. The van der Waals surface area contributed by atoms with Crippen LogP contribution in [0.4, 0.5) is 0 Å². The molecule has 1 saturated heterocycles. The summed E-state index contributed by atoms with van der Waals surface area (Å²) in [5.74, 6) is 0.648. The lowest BCUT2D eigenvalue weighted by Crippen LogP contribution is -2.50. The largest absolute Gasteiger partial charge is 0.504 e. The zero-order valence-corrected chi connectivity index (χ0v) is 23.0. The number of ketones is 1. The predicted octanol–water partition coefficient (Wildman–Crippen LogP) is 3.78. The molecule has 2 aliphatic rings. The molecule has 2 aromatic rings. The zero-order valence-electron chi connectivity index (χ0n) is 23.0. The maximum Gasteiger partial charge on any atom is 0.254 e. The van der Waals surface area contributed by atoms with Crippen LogP contribution in [0.15, 0.2) is 36.4 Å². The Morgan fingerprint density at radius 1 is 0.974 bits per heavy atom. The topological polar surface area (TPSA) is 90.4 Å². The molecular formula is C30H39N3O5. The van der Waals surface area contributed by atoms with E-state index in [1.165, 1.54) is 12.5 Å². The van der Waals surface area contributed by atoms with E-state index in [-0.39, 0.29) is 41.7 Å². The molecule has 1 fully saturated rings. The minimum absolute atomic E-state index is 0.0166. The summed E-state index contributed by atoms with van der Waals surface area (Å²) in [4.78, 5) is 43.1. The van der Waals surface area contributed by atoms with Crippen LogP contribution in [0.25, 0.3) is 0 Å². The van der Waals surface area contributed by atoms with E-state index in [1.807, 2.05) is 29.2 Å². The van der Waals surface area contributed by atoms with Crippen molar-refractivity contribution in [1.82, 2.24) is 14.7 Å². The van der Waals surface area contributed by atoms with Gasteiger partial charge in [-0.15, -0.1) is 0 Å². The maximum atomic E-state index is 13.5. The lowest BCUT2D eigenvalue weighted by Gasteiger charge is -2.36. The van der Waals surface area contributed by atoms with Crippen molar-refractivity contribution in [3.8, 4) is 11.5 Å². The van der Waals surface area contributed by atoms with E-state index in [0.29, 0.717) is 38.5 Å². The number of benzene rings is 2. The fraction of sp³-hybridized carbons (Fsp3) is 0.500. The summed E-state index contributed by atoms with van der Waals surface area (Å²) in [6.07, 6.45) is 2.26. The molecule has 0 atom stereocenters.